The van der Waals surface area contributed by atoms with E-state index in [1.54, 1.807) is 31.4 Å². The van der Waals surface area contributed by atoms with E-state index < -0.39 is 0 Å². The second kappa shape index (κ2) is 6.50. The molecule has 1 aliphatic heterocycles. The summed E-state index contributed by atoms with van der Waals surface area (Å²) in [5, 5.41) is 2.86. The van der Waals surface area contributed by atoms with Crippen LogP contribution in [0.25, 0.3) is 0 Å². The van der Waals surface area contributed by atoms with Gasteiger partial charge in [0, 0.05) is 16.2 Å². The van der Waals surface area contributed by atoms with Crippen molar-refractivity contribution in [2.45, 2.75) is 6.92 Å². The Hall–Kier alpha value is -2.21. The van der Waals surface area contributed by atoms with E-state index in [0.717, 1.165) is 10.0 Å². The topological polar surface area (TPSA) is 56.8 Å². The largest absolute Gasteiger partial charge is 0.496 e. The first kappa shape index (κ1) is 15.7. The molecule has 0 fully saturated rings. The van der Waals surface area contributed by atoms with Gasteiger partial charge in [-0.15, -0.1) is 0 Å². The van der Waals surface area contributed by atoms with Gasteiger partial charge in [0.05, 0.1) is 12.7 Å². The van der Waals surface area contributed by atoms with Crippen LogP contribution in [0.15, 0.2) is 34.8 Å². The van der Waals surface area contributed by atoms with Gasteiger partial charge in [0.2, 0.25) is 0 Å². The third-order valence-corrected chi connectivity index (χ3v) is 3.95. The quantitative estimate of drug-likeness (QED) is 0.883. The number of benzene rings is 2. The molecule has 6 heteroatoms. The zero-order valence-electron chi connectivity index (χ0n) is 12.8. The summed E-state index contributed by atoms with van der Waals surface area (Å²) in [4.78, 5) is 12.6. The first-order valence-electron chi connectivity index (χ1n) is 7.13. The van der Waals surface area contributed by atoms with E-state index in [0.29, 0.717) is 41.7 Å². The van der Waals surface area contributed by atoms with Gasteiger partial charge >= 0.3 is 0 Å². The van der Waals surface area contributed by atoms with Crippen LogP contribution < -0.4 is 19.5 Å². The van der Waals surface area contributed by atoms with Crippen LogP contribution in [0.4, 0.5) is 5.69 Å². The maximum absolute atomic E-state index is 12.6. The van der Waals surface area contributed by atoms with Gasteiger partial charge in [-0.25, -0.2) is 0 Å². The number of hydrogen-bond donors (Lipinski definition) is 1. The number of aryl methyl sites for hydroxylation is 1. The lowest BCUT2D eigenvalue weighted by molar-refractivity contribution is 0.102. The van der Waals surface area contributed by atoms with E-state index in [9.17, 15) is 4.79 Å². The van der Waals surface area contributed by atoms with Crippen molar-refractivity contribution >= 4 is 27.5 Å². The fraction of sp³-hybridized carbons (Fsp3) is 0.235. The van der Waals surface area contributed by atoms with E-state index >= 15 is 0 Å². The van der Waals surface area contributed by atoms with Gasteiger partial charge in [-0.05, 0) is 36.8 Å². The third-order valence-electron chi connectivity index (χ3n) is 3.49. The van der Waals surface area contributed by atoms with Crippen molar-refractivity contribution in [3.63, 3.8) is 0 Å². The number of rotatable bonds is 3. The minimum Gasteiger partial charge on any atom is -0.496 e. The highest BCUT2D eigenvalue weighted by atomic mass is 79.9. The van der Waals surface area contributed by atoms with Crippen LogP contribution in [0.2, 0.25) is 0 Å². The summed E-state index contributed by atoms with van der Waals surface area (Å²) in [7, 11) is 1.55. The molecule has 0 saturated heterocycles. The van der Waals surface area contributed by atoms with Crippen LogP contribution in [-0.2, 0) is 0 Å². The van der Waals surface area contributed by atoms with Gasteiger partial charge in [-0.3, -0.25) is 4.79 Å². The normalized spacial score (nSPS) is 12.7. The second-order valence-corrected chi connectivity index (χ2v) is 6.03. The summed E-state index contributed by atoms with van der Waals surface area (Å²) < 4.78 is 17.2. The lowest BCUT2D eigenvalue weighted by Crippen LogP contribution is -2.17. The molecule has 0 atom stereocenters. The molecule has 0 aliphatic carbocycles. The summed E-state index contributed by atoms with van der Waals surface area (Å²) in [6.45, 7) is 2.93. The van der Waals surface area contributed by atoms with Gasteiger partial charge in [0.1, 0.15) is 19.0 Å². The third kappa shape index (κ3) is 3.27. The average molecular weight is 378 g/mol. The highest BCUT2D eigenvalue weighted by Crippen LogP contribution is 2.33. The lowest BCUT2D eigenvalue weighted by Gasteiger charge is -2.19. The molecule has 0 bridgehead atoms. The predicted molar refractivity (Wildman–Crippen MR) is 90.8 cm³/mol. The van der Waals surface area contributed by atoms with Crippen molar-refractivity contribution in [2.24, 2.45) is 0 Å². The maximum Gasteiger partial charge on any atom is 0.259 e. The second-order valence-electron chi connectivity index (χ2n) is 5.12. The first-order chi connectivity index (χ1) is 11.1. The molecule has 1 heterocycles. The van der Waals surface area contributed by atoms with E-state index in [1.165, 1.54) is 0 Å². The van der Waals surface area contributed by atoms with Crippen molar-refractivity contribution < 1.29 is 19.0 Å². The molecule has 2 aromatic rings. The maximum atomic E-state index is 12.6. The van der Waals surface area contributed by atoms with Gasteiger partial charge in [-0.1, -0.05) is 15.9 Å². The van der Waals surface area contributed by atoms with E-state index in [2.05, 4.69) is 21.2 Å². The SMILES string of the molecule is COc1c(C)cc(Br)cc1C(=O)Nc1ccc2c(c1)OCCO2. The molecule has 0 aromatic heterocycles. The Morgan fingerprint density at radius 1 is 1.17 bits per heavy atom. The monoisotopic (exact) mass is 377 g/mol. The number of hydrogen-bond acceptors (Lipinski definition) is 4. The summed E-state index contributed by atoms with van der Waals surface area (Å²) >= 11 is 3.41. The van der Waals surface area contributed by atoms with Crippen LogP contribution in [0.1, 0.15) is 15.9 Å². The molecule has 1 amide bonds. The van der Waals surface area contributed by atoms with Gasteiger partial charge in [-0.2, -0.15) is 0 Å². The van der Waals surface area contributed by atoms with Crippen molar-refractivity contribution in [3.8, 4) is 17.2 Å². The molecule has 2 aromatic carbocycles. The van der Waals surface area contributed by atoms with Crippen molar-refractivity contribution in [2.75, 3.05) is 25.6 Å². The fourth-order valence-corrected chi connectivity index (χ4v) is 3.06. The number of methoxy groups -OCH3 is 1. The Bertz CT molecular complexity index is 760. The average Bonchev–Trinajstić information content (AvgIpc) is 2.54. The Labute approximate surface area is 142 Å². The Morgan fingerprint density at radius 3 is 2.65 bits per heavy atom. The smallest absolute Gasteiger partial charge is 0.259 e. The molecular formula is C17H16BrNO4. The number of anilines is 1. The lowest BCUT2D eigenvalue weighted by atomic mass is 10.1. The number of halogens is 1. The highest BCUT2D eigenvalue weighted by molar-refractivity contribution is 9.10. The predicted octanol–water partition coefficient (Wildman–Crippen LogP) is 3.79. The van der Waals surface area contributed by atoms with E-state index in [4.69, 9.17) is 14.2 Å². The molecule has 0 radical (unpaired) electrons. The van der Waals surface area contributed by atoms with E-state index in [-0.39, 0.29) is 5.91 Å². The molecule has 3 rings (SSSR count). The molecule has 5 nitrogen and oxygen atoms in total. The van der Waals surface area contributed by atoms with Gasteiger partial charge in [0.25, 0.3) is 5.91 Å². The molecule has 0 saturated carbocycles. The number of amides is 1. The minimum atomic E-state index is -0.247. The summed E-state index contributed by atoms with van der Waals surface area (Å²) in [5.74, 6) is 1.63. The molecule has 1 aliphatic rings. The number of carbonyl (C=O) groups is 1. The summed E-state index contributed by atoms with van der Waals surface area (Å²) in [6, 6.07) is 8.96. The van der Waals surface area contributed by atoms with Crippen molar-refractivity contribution in [1.29, 1.82) is 0 Å². The van der Waals surface area contributed by atoms with Crippen molar-refractivity contribution in [1.82, 2.24) is 0 Å². The Morgan fingerprint density at radius 2 is 1.91 bits per heavy atom. The van der Waals surface area contributed by atoms with Crippen LogP contribution in [0, 0.1) is 6.92 Å². The highest BCUT2D eigenvalue weighted by Gasteiger charge is 2.17. The standard InChI is InChI=1S/C17H16BrNO4/c1-10-7-11(18)8-13(16(10)21-2)17(20)19-12-3-4-14-15(9-12)23-6-5-22-14/h3-4,7-9H,5-6H2,1-2H3,(H,19,20). The molecule has 120 valence electrons. The number of carbonyl (C=O) groups excluding carboxylic acids is 1. The van der Waals surface area contributed by atoms with Crippen LogP contribution in [0.5, 0.6) is 17.2 Å². The van der Waals surface area contributed by atoms with E-state index in [1.807, 2.05) is 13.0 Å². The van der Waals surface area contributed by atoms with Gasteiger partial charge in [0.15, 0.2) is 11.5 Å². The Balaban J connectivity index is 1.87. The molecule has 0 unspecified atom stereocenters. The number of ether oxygens (including phenoxy) is 3. The molecule has 1 N–H and O–H groups in total. The first-order valence-corrected chi connectivity index (χ1v) is 7.93. The summed E-state index contributed by atoms with van der Waals surface area (Å²) in [6.07, 6.45) is 0. The Kier molecular flexibility index (Phi) is 4.43. The molecule has 0 spiro atoms. The number of fused-ring (bicyclic) bond motifs is 1. The van der Waals surface area contributed by atoms with Gasteiger partial charge < -0.3 is 19.5 Å². The fourth-order valence-electron chi connectivity index (χ4n) is 2.49. The molecule has 23 heavy (non-hydrogen) atoms. The zero-order valence-corrected chi connectivity index (χ0v) is 14.4. The van der Waals surface area contributed by atoms with Crippen LogP contribution in [0.3, 0.4) is 0 Å². The van der Waals surface area contributed by atoms with Crippen LogP contribution in [-0.4, -0.2) is 26.2 Å². The summed E-state index contributed by atoms with van der Waals surface area (Å²) in [5.41, 5.74) is 1.99. The zero-order chi connectivity index (χ0) is 16.4. The van der Waals surface area contributed by atoms with Crippen LogP contribution >= 0.6 is 15.9 Å². The molecular weight excluding hydrogens is 362 g/mol. The number of nitrogens with one attached hydrogen (secondary N) is 1. The van der Waals surface area contributed by atoms with Crippen molar-refractivity contribution in [3.05, 3.63) is 45.9 Å². The minimum absolute atomic E-state index is 0.247.